The second kappa shape index (κ2) is 11.0. The molecule has 0 amide bonds. The summed E-state index contributed by atoms with van der Waals surface area (Å²) in [4.78, 5) is 0. The number of rotatable bonds is 8. The zero-order valence-electron chi connectivity index (χ0n) is 9.92. The van der Waals surface area contributed by atoms with Crippen LogP contribution in [0.15, 0.2) is 0 Å². The molecule has 15 heavy (non-hydrogen) atoms. The summed E-state index contributed by atoms with van der Waals surface area (Å²) in [7, 11) is 0. The third kappa shape index (κ3) is 8.32. The number of hydrogen-bond acceptors (Lipinski definition) is 2. The van der Waals surface area contributed by atoms with Crippen molar-refractivity contribution in [2.45, 2.75) is 45.6 Å². The van der Waals surface area contributed by atoms with Crippen molar-refractivity contribution in [3.8, 4) is 0 Å². The Morgan fingerprint density at radius 1 is 1.13 bits per heavy atom. The summed E-state index contributed by atoms with van der Waals surface area (Å²) in [6.45, 7) is 7.80. The van der Waals surface area contributed by atoms with Crippen LogP contribution in [0.25, 0.3) is 0 Å². The van der Waals surface area contributed by atoms with Crippen molar-refractivity contribution in [1.29, 1.82) is 0 Å². The molecular weight excluding hydrogens is 231 g/mol. The largest absolute Gasteiger partial charge is 0.317 e. The lowest BCUT2D eigenvalue weighted by atomic mass is 10.1. The summed E-state index contributed by atoms with van der Waals surface area (Å²) in [6, 6.07) is 0.809. The first-order valence-electron chi connectivity index (χ1n) is 5.82. The van der Waals surface area contributed by atoms with E-state index in [1.54, 1.807) is 0 Å². The first kappa shape index (κ1) is 17.9. The van der Waals surface area contributed by atoms with Gasteiger partial charge in [0.05, 0.1) is 0 Å². The SMILES string of the molecule is CCNCCCC(NCC)C1CC1.Cl.Cl. The maximum Gasteiger partial charge on any atom is 0.00956 e. The summed E-state index contributed by atoms with van der Waals surface area (Å²) in [5.41, 5.74) is 0. The van der Waals surface area contributed by atoms with Gasteiger partial charge in [0.15, 0.2) is 0 Å². The van der Waals surface area contributed by atoms with Crippen LogP contribution in [0.2, 0.25) is 0 Å². The summed E-state index contributed by atoms with van der Waals surface area (Å²) >= 11 is 0. The zero-order valence-corrected chi connectivity index (χ0v) is 11.6. The molecule has 1 atom stereocenters. The quantitative estimate of drug-likeness (QED) is 0.653. The van der Waals surface area contributed by atoms with E-state index in [9.17, 15) is 0 Å². The third-order valence-electron chi connectivity index (χ3n) is 2.78. The predicted molar refractivity (Wildman–Crippen MR) is 72.5 cm³/mol. The van der Waals surface area contributed by atoms with Crippen molar-refractivity contribution in [2.75, 3.05) is 19.6 Å². The lowest BCUT2D eigenvalue weighted by molar-refractivity contribution is 0.429. The van der Waals surface area contributed by atoms with Gasteiger partial charge in [-0.05, 0) is 51.2 Å². The molecular formula is C11H26Cl2N2. The Labute approximate surface area is 107 Å². The Morgan fingerprint density at radius 3 is 2.27 bits per heavy atom. The van der Waals surface area contributed by atoms with Crippen molar-refractivity contribution < 1.29 is 0 Å². The molecule has 0 saturated heterocycles. The van der Waals surface area contributed by atoms with Crippen molar-refractivity contribution in [2.24, 2.45) is 5.92 Å². The number of nitrogens with one attached hydrogen (secondary N) is 2. The molecule has 0 heterocycles. The van der Waals surface area contributed by atoms with Crippen LogP contribution in [0, 0.1) is 5.92 Å². The van der Waals surface area contributed by atoms with Crippen molar-refractivity contribution in [1.82, 2.24) is 10.6 Å². The molecule has 1 saturated carbocycles. The van der Waals surface area contributed by atoms with Crippen molar-refractivity contribution in [3.63, 3.8) is 0 Å². The standard InChI is InChI=1S/C11H24N2.2ClH/c1-3-12-9-5-6-11(13-4-2)10-7-8-10;;/h10-13H,3-9H2,1-2H3;2*1H. The van der Waals surface area contributed by atoms with Gasteiger partial charge in [0.1, 0.15) is 0 Å². The van der Waals surface area contributed by atoms with Gasteiger partial charge in [-0.25, -0.2) is 0 Å². The average molecular weight is 257 g/mol. The summed E-state index contributed by atoms with van der Waals surface area (Å²) in [5.74, 6) is 1.00. The summed E-state index contributed by atoms with van der Waals surface area (Å²) < 4.78 is 0. The Morgan fingerprint density at radius 2 is 1.80 bits per heavy atom. The first-order chi connectivity index (χ1) is 6.38. The van der Waals surface area contributed by atoms with Gasteiger partial charge in [-0.2, -0.15) is 0 Å². The monoisotopic (exact) mass is 256 g/mol. The van der Waals surface area contributed by atoms with E-state index >= 15 is 0 Å². The second-order valence-corrected chi connectivity index (χ2v) is 4.00. The van der Waals surface area contributed by atoms with Crippen LogP contribution in [0.3, 0.4) is 0 Å². The van der Waals surface area contributed by atoms with Gasteiger partial charge in [0, 0.05) is 6.04 Å². The summed E-state index contributed by atoms with van der Waals surface area (Å²) in [5, 5.41) is 6.97. The van der Waals surface area contributed by atoms with Gasteiger partial charge < -0.3 is 10.6 Å². The van der Waals surface area contributed by atoms with Crippen LogP contribution >= 0.6 is 24.8 Å². The van der Waals surface area contributed by atoms with E-state index in [2.05, 4.69) is 24.5 Å². The zero-order chi connectivity index (χ0) is 9.52. The molecule has 0 bridgehead atoms. The molecule has 0 aromatic heterocycles. The normalized spacial score (nSPS) is 16.4. The predicted octanol–water partition coefficient (Wildman–Crippen LogP) is 2.61. The van der Waals surface area contributed by atoms with E-state index in [4.69, 9.17) is 0 Å². The molecule has 0 spiro atoms. The fraction of sp³-hybridized carbons (Fsp3) is 1.00. The van der Waals surface area contributed by atoms with Gasteiger partial charge in [-0.15, -0.1) is 24.8 Å². The molecule has 94 valence electrons. The molecule has 1 aliphatic carbocycles. The van der Waals surface area contributed by atoms with Crippen molar-refractivity contribution >= 4 is 24.8 Å². The molecule has 1 aliphatic rings. The lowest BCUT2D eigenvalue weighted by Crippen LogP contribution is -2.31. The molecule has 1 unspecified atom stereocenters. The Kier molecular flexibility index (Phi) is 13.1. The van der Waals surface area contributed by atoms with Crippen molar-refractivity contribution in [3.05, 3.63) is 0 Å². The van der Waals surface area contributed by atoms with E-state index in [0.29, 0.717) is 0 Å². The maximum atomic E-state index is 3.59. The fourth-order valence-corrected chi connectivity index (χ4v) is 1.89. The lowest BCUT2D eigenvalue weighted by Gasteiger charge is -2.16. The number of halogens is 2. The van der Waals surface area contributed by atoms with Gasteiger partial charge in [-0.1, -0.05) is 13.8 Å². The van der Waals surface area contributed by atoms with E-state index in [-0.39, 0.29) is 24.8 Å². The molecule has 2 N–H and O–H groups in total. The highest BCUT2D eigenvalue weighted by atomic mass is 35.5. The fourth-order valence-electron chi connectivity index (χ4n) is 1.89. The van der Waals surface area contributed by atoms with Crippen LogP contribution in [0.4, 0.5) is 0 Å². The van der Waals surface area contributed by atoms with Gasteiger partial charge in [0.2, 0.25) is 0 Å². The molecule has 1 fully saturated rings. The van der Waals surface area contributed by atoms with E-state index < -0.39 is 0 Å². The average Bonchev–Trinajstić information content (AvgIpc) is 2.93. The minimum atomic E-state index is 0. The Balaban J connectivity index is 0. The van der Waals surface area contributed by atoms with E-state index in [0.717, 1.165) is 25.0 Å². The molecule has 4 heteroatoms. The van der Waals surface area contributed by atoms with Crippen LogP contribution in [0.1, 0.15) is 39.5 Å². The van der Waals surface area contributed by atoms with Gasteiger partial charge >= 0.3 is 0 Å². The van der Waals surface area contributed by atoms with E-state index in [1.807, 2.05) is 0 Å². The van der Waals surface area contributed by atoms with Gasteiger partial charge in [-0.3, -0.25) is 0 Å². The molecule has 0 radical (unpaired) electrons. The Bertz CT molecular complexity index is 130. The molecule has 2 nitrogen and oxygen atoms in total. The highest BCUT2D eigenvalue weighted by Crippen LogP contribution is 2.34. The second-order valence-electron chi connectivity index (χ2n) is 4.00. The minimum absolute atomic E-state index is 0. The number of hydrogen-bond donors (Lipinski definition) is 2. The van der Waals surface area contributed by atoms with Crippen LogP contribution in [-0.2, 0) is 0 Å². The molecule has 1 rings (SSSR count). The van der Waals surface area contributed by atoms with Gasteiger partial charge in [0.25, 0.3) is 0 Å². The highest BCUT2D eigenvalue weighted by Gasteiger charge is 2.29. The maximum absolute atomic E-state index is 3.59. The topological polar surface area (TPSA) is 24.1 Å². The minimum Gasteiger partial charge on any atom is -0.317 e. The molecule has 0 aliphatic heterocycles. The Hall–Kier alpha value is 0.500. The molecule has 0 aromatic carbocycles. The molecule has 0 aromatic rings. The highest BCUT2D eigenvalue weighted by molar-refractivity contribution is 5.85. The summed E-state index contributed by atoms with van der Waals surface area (Å²) in [6.07, 6.45) is 5.59. The first-order valence-corrected chi connectivity index (χ1v) is 5.82. The van der Waals surface area contributed by atoms with Crippen LogP contribution < -0.4 is 10.6 Å². The smallest absolute Gasteiger partial charge is 0.00956 e. The third-order valence-corrected chi connectivity index (χ3v) is 2.78. The van der Waals surface area contributed by atoms with Crippen LogP contribution in [-0.4, -0.2) is 25.7 Å². The van der Waals surface area contributed by atoms with E-state index in [1.165, 1.54) is 32.2 Å². The van der Waals surface area contributed by atoms with Crippen LogP contribution in [0.5, 0.6) is 0 Å².